The summed E-state index contributed by atoms with van der Waals surface area (Å²) in [5.41, 5.74) is 3.79. The van der Waals surface area contributed by atoms with Crippen molar-refractivity contribution in [1.29, 1.82) is 0 Å². The Morgan fingerprint density at radius 3 is 2.78 bits per heavy atom. The number of pyridine rings is 1. The van der Waals surface area contributed by atoms with Crippen molar-refractivity contribution in [3.8, 4) is 0 Å². The minimum atomic E-state index is 0.0159. The molecule has 0 unspecified atom stereocenters. The summed E-state index contributed by atoms with van der Waals surface area (Å²) in [6.07, 6.45) is 5.91. The number of hydrogen-bond donors (Lipinski definition) is 3. The lowest BCUT2D eigenvalue weighted by molar-refractivity contribution is 0.0951. The molecule has 0 radical (unpaired) electrons. The van der Waals surface area contributed by atoms with Crippen LogP contribution < -0.4 is 10.6 Å². The monoisotopic (exact) mass is 306 g/mol. The van der Waals surface area contributed by atoms with Gasteiger partial charge in [-0.3, -0.25) is 4.79 Å². The van der Waals surface area contributed by atoms with Gasteiger partial charge in [0, 0.05) is 41.6 Å². The van der Waals surface area contributed by atoms with Crippen molar-refractivity contribution in [2.45, 2.75) is 25.4 Å². The number of fused-ring (bicyclic) bond motifs is 1. The number of rotatable bonds is 5. The number of anilines is 1. The van der Waals surface area contributed by atoms with Gasteiger partial charge < -0.3 is 15.6 Å². The van der Waals surface area contributed by atoms with Crippen LogP contribution in [-0.2, 0) is 6.54 Å². The van der Waals surface area contributed by atoms with Crippen molar-refractivity contribution in [3.05, 3.63) is 59.9 Å². The predicted molar refractivity (Wildman–Crippen MR) is 90.4 cm³/mol. The second kappa shape index (κ2) is 5.76. The van der Waals surface area contributed by atoms with Gasteiger partial charge in [-0.2, -0.15) is 0 Å². The van der Waals surface area contributed by atoms with Crippen LogP contribution >= 0.6 is 0 Å². The lowest BCUT2D eigenvalue weighted by atomic mass is 10.1. The maximum atomic E-state index is 12.0. The highest BCUT2D eigenvalue weighted by molar-refractivity contribution is 5.94. The quantitative estimate of drug-likeness (QED) is 0.678. The summed E-state index contributed by atoms with van der Waals surface area (Å²) >= 11 is 0. The number of nitrogens with one attached hydrogen (secondary N) is 3. The number of H-pyrrole nitrogens is 1. The summed E-state index contributed by atoms with van der Waals surface area (Å²) in [4.78, 5) is 19.4. The van der Waals surface area contributed by atoms with Gasteiger partial charge in [-0.25, -0.2) is 4.98 Å². The minimum absolute atomic E-state index is 0.0159. The van der Waals surface area contributed by atoms with Crippen molar-refractivity contribution >= 4 is 22.6 Å². The van der Waals surface area contributed by atoms with Gasteiger partial charge in [-0.1, -0.05) is 0 Å². The first-order chi connectivity index (χ1) is 11.3. The third kappa shape index (κ3) is 3.04. The number of hydrogen-bond acceptors (Lipinski definition) is 3. The van der Waals surface area contributed by atoms with E-state index in [9.17, 15) is 4.79 Å². The molecule has 5 nitrogen and oxygen atoms in total. The molecule has 3 N–H and O–H groups in total. The fourth-order valence-corrected chi connectivity index (χ4v) is 2.61. The molecule has 1 saturated carbocycles. The molecule has 0 spiro atoms. The van der Waals surface area contributed by atoms with Gasteiger partial charge in [0.05, 0.1) is 0 Å². The molecule has 0 bridgehead atoms. The van der Waals surface area contributed by atoms with E-state index >= 15 is 0 Å². The Kier molecular flexibility index (Phi) is 3.46. The smallest absolute Gasteiger partial charge is 0.251 e. The van der Waals surface area contributed by atoms with E-state index in [4.69, 9.17) is 0 Å². The first-order valence-corrected chi connectivity index (χ1v) is 7.85. The first-order valence-electron chi connectivity index (χ1n) is 7.85. The fourth-order valence-electron chi connectivity index (χ4n) is 2.61. The van der Waals surface area contributed by atoms with E-state index in [-0.39, 0.29) is 5.91 Å². The summed E-state index contributed by atoms with van der Waals surface area (Å²) < 4.78 is 0. The maximum Gasteiger partial charge on any atom is 0.251 e. The van der Waals surface area contributed by atoms with E-state index in [0.29, 0.717) is 18.2 Å². The highest BCUT2D eigenvalue weighted by Gasteiger charge is 2.23. The highest BCUT2D eigenvalue weighted by Crippen LogP contribution is 2.20. The predicted octanol–water partition coefficient (Wildman–Crippen LogP) is 3.07. The number of carbonyl (C=O) groups is 1. The standard InChI is InChI=1S/C18H18N4O/c23-18(22-15-5-6-15)12-1-3-14(4-2-12)21-11-13-7-9-19-17-16(13)8-10-20-17/h1-4,7-10,15,21H,5-6,11H2,(H,19,20)(H,22,23). The Hall–Kier alpha value is -2.82. The van der Waals surface area contributed by atoms with Gasteiger partial charge in [0.2, 0.25) is 0 Å². The van der Waals surface area contributed by atoms with E-state index in [0.717, 1.165) is 29.6 Å². The summed E-state index contributed by atoms with van der Waals surface area (Å²) in [7, 11) is 0. The molecule has 0 aliphatic heterocycles. The zero-order chi connectivity index (χ0) is 15.6. The zero-order valence-corrected chi connectivity index (χ0v) is 12.7. The number of nitrogens with zero attached hydrogens (tertiary/aromatic N) is 1. The number of benzene rings is 1. The third-order valence-electron chi connectivity index (χ3n) is 4.09. The molecule has 1 fully saturated rings. The van der Waals surface area contributed by atoms with Crippen LogP contribution in [0.2, 0.25) is 0 Å². The number of amides is 1. The van der Waals surface area contributed by atoms with Crippen molar-refractivity contribution < 1.29 is 4.79 Å². The van der Waals surface area contributed by atoms with Gasteiger partial charge in [-0.15, -0.1) is 0 Å². The number of aromatic nitrogens is 2. The van der Waals surface area contributed by atoms with Crippen LogP contribution in [0.5, 0.6) is 0 Å². The summed E-state index contributed by atoms with van der Waals surface area (Å²) in [5.74, 6) is 0.0159. The molecule has 0 atom stereocenters. The van der Waals surface area contributed by atoms with Crippen molar-refractivity contribution in [2.24, 2.45) is 0 Å². The minimum Gasteiger partial charge on any atom is -0.381 e. The maximum absolute atomic E-state index is 12.0. The molecule has 3 aromatic rings. The second-order valence-electron chi connectivity index (χ2n) is 5.89. The van der Waals surface area contributed by atoms with Gasteiger partial charge in [0.1, 0.15) is 5.65 Å². The van der Waals surface area contributed by atoms with Crippen LogP contribution in [0.3, 0.4) is 0 Å². The largest absolute Gasteiger partial charge is 0.381 e. The second-order valence-corrected chi connectivity index (χ2v) is 5.89. The van der Waals surface area contributed by atoms with Crippen LogP contribution in [-0.4, -0.2) is 21.9 Å². The van der Waals surface area contributed by atoms with Gasteiger partial charge in [-0.05, 0) is 54.8 Å². The van der Waals surface area contributed by atoms with Crippen molar-refractivity contribution in [2.75, 3.05) is 5.32 Å². The van der Waals surface area contributed by atoms with E-state index in [1.165, 1.54) is 5.56 Å². The molecular formula is C18H18N4O. The molecule has 1 aromatic carbocycles. The topological polar surface area (TPSA) is 69.8 Å². The van der Waals surface area contributed by atoms with E-state index in [2.05, 4.69) is 20.6 Å². The third-order valence-corrected chi connectivity index (χ3v) is 4.09. The van der Waals surface area contributed by atoms with Gasteiger partial charge >= 0.3 is 0 Å². The molecule has 1 aliphatic rings. The van der Waals surface area contributed by atoms with Crippen LogP contribution in [0.1, 0.15) is 28.8 Å². The van der Waals surface area contributed by atoms with E-state index in [1.54, 1.807) is 6.20 Å². The van der Waals surface area contributed by atoms with Crippen molar-refractivity contribution in [1.82, 2.24) is 15.3 Å². The van der Waals surface area contributed by atoms with Gasteiger partial charge in [0.25, 0.3) is 5.91 Å². The van der Waals surface area contributed by atoms with Crippen molar-refractivity contribution in [3.63, 3.8) is 0 Å². The van der Waals surface area contributed by atoms with Crippen LogP contribution in [0.15, 0.2) is 48.8 Å². The molecule has 2 aromatic heterocycles. The summed E-state index contributed by atoms with van der Waals surface area (Å²) in [6, 6.07) is 12.0. The molecule has 116 valence electrons. The molecule has 1 amide bonds. The Balaban J connectivity index is 1.42. The Labute approximate surface area is 134 Å². The summed E-state index contributed by atoms with van der Waals surface area (Å²) in [5, 5.41) is 7.51. The molecule has 23 heavy (non-hydrogen) atoms. The molecule has 4 rings (SSSR count). The molecule has 0 saturated heterocycles. The average molecular weight is 306 g/mol. The Bertz CT molecular complexity index is 834. The van der Waals surface area contributed by atoms with Crippen LogP contribution in [0.4, 0.5) is 5.69 Å². The van der Waals surface area contributed by atoms with Crippen LogP contribution in [0.25, 0.3) is 11.0 Å². The lowest BCUT2D eigenvalue weighted by Gasteiger charge is -2.09. The lowest BCUT2D eigenvalue weighted by Crippen LogP contribution is -2.25. The highest BCUT2D eigenvalue weighted by atomic mass is 16.1. The average Bonchev–Trinajstić information content (AvgIpc) is 3.25. The van der Waals surface area contributed by atoms with E-state index < -0.39 is 0 Å². The van der Waals surface area contributed by atoms with Crippen LogP contribution in [0, 0.1) is 0 Å². The molecular weight excluding hydrogens is 288 g/mol. The normalized spacial score (nSPS) is 13.9. The molecule has 1 aliphatic carbocycles. The first kappa shape index (κ1) is 13.8. The van der Waals surface area contributed by atoms with Gasteiger partial charge in [0.15, 0.2) is 0 Å². The Morgan fingerprint density at radius 1 is 1.17 bits per heavy atom. The summed E-state index contributed by atoms with van der Waals surface area (Å²) in [6.45, 7) is 0.713. The molecule has 2 heterocycles. The number of aromatic amines is 1. The fraction of sp³-hybridized carbons (Fsp3) is 0.222. The Morgan fingerprint density at radius 2 is 2.00 bits per heavy atom. The number of carbonyl (C=O) groups excluding carboxylic acids is 1. The molecule has 5 heteroatoms. The van der Waals surface area contributed by atoms with E-state index in [1.807, 2.05) is 42.6 Å². The zero-order valence-electron chi connectivity index (χ0n) is 12.7. The SMILES string of the molecule is O=C(NC1CC1)c1ccc(NCc2ccnc3[nH]ccc23)cc1.